The highest BCUT2D eigenvalue weighted by Gasteiger charge is 2.66. The number of rotatable bonds is 13. The number of benzene rings is 18. The van der Waals surface area contributed by atoms with Crippen molar-refractivity contribution in [1.29, 1.82) is 0 Å². The van der Waals surface area contributed by atoms with E-state index >= 15 is 0 Å². The lowest BCUT2D eigenvalue weighted by atomic mass is 9.43. The van der Waals surface area contributed by atoms with Gasteiger partial charge in [-0.05, 0) is 335 Å². The number of hydrogen-bond acceptors (Lipinski definition) is 4. The molecular formula is C139H125N3O. The first-order chi connectivity index (χ1) is 69.3. The van der Waals surface area contributed by atoms with E-state index in [0.717, 1.165) is 98.6 Å². The van der Waals surface area contributed by atoms with Gasteiger partial charge in [-0.3, -0.25) is 0 Å². The molecular weight excluding hydrogens is 1730 g/mol. The maximum Gasteiger partial charge on any atom is 0.137 e. The fourth-order valence-electron chi connectivity index (χ4n) is 32.6. The molecule has 19 aromatic rings. The number of anilines is 9. The molecule has 12 fully saturated rings. The Bertz CT molecular complexity index is 7910. The molecule has 3 spiro atoms. The van der Waals surface area contributed by atoms with Crippen LogP contribution in [0, 0.1) is 71.0 Å². The number of para-hydroxylation sites is 3. The van der Waals surface area contributed by atoms with E-state index in [1.807, 2.05) is 0 Å². The molecule has 12 saturated carbocycles. The van der Waals surface area contributed by atoms with Gasteiger partial charge < -0.3 is 19.1 Å². The molecule has 1 aromatic heterocycles. The Balaban J connectivity index is 0.000000109. The summed E-state index contributed by atoms with van der Waals surface area (Å²) in [5.74, 6) is 9.99. The van der Waals surface area contributed by atoms with E-state index in [2.05, 4.69) is 445 Å². The molecule has 15 aliphatic rings. The predicted octanol–water partition coefficient (Wildman–Crippen LogP) is 38.3. The van der Waals surface area contributed by atoms with Crippen molar-refractivity contribution in [2.24, 2.45) is 71.0 Å². The van der Waals surface area contributed by atoms with Crippen LogP contribution in [-0.2, 0) is 16.2 Å². The Labute approximate surface area is 844 Å². The number of furan rings is 1. The van der Waals surface area contributed by atoms with Crippen LogP contribution in [0.3, 0.4) is 0 Å². The van der Waals surface area contributed by atoms with Crippen molar-refractivity contribution in [3.8, 4) is 77.9 Å². The molecule has 12 bridgehead atoms. The zero-order chi connectivity index (χ0) is 91.9. The van der Waals surface area contributed by atoms with Gasteiger partial charge in [-0.15, -0.1) is 0 Å². The Kier molecular flexibility index (Phi) is 21.8. The second-order valence-electron chi connectivity index (χ2n) is 43.6. The number of nitrogens with zero attached hydrogens (tertiary/aromatic N) is 3. The van der Waals surface area contributed by atoms with Crippen LogP contribution in [0.25, 0.3) is 111 Å². The lowest BCUT2D eigenvalue weighted by molar-refractivity contribution is -0.0399. The van der Waals surface area contributed by atoms with E-state index in [0.29, 0.717) is 0 Å². The molecule has 4 heteroatoms. The molecule has 0 unspecified atom stereocenters. The minimum atomic E-state index is 0. The molecule has 0 N–H and O–H groups in total. The SMILES string of the molecule is C.C.C.c1ccc(-c2cccc(N(c3cccc(-c4ccccc4)c3)c3cccc4c3-c3ccccc3C43C4CC5CC(C4)CC3C5)c2)cc1.c1ccc(-c2ccccc2N(c2ccc3c(c2)oc2ccccc23)c2cccc3c2-c2ccccc2C32C3CC4CC(C3)CC2C4)cc1.c1ccc(-c2ccccc2N(c2cccc3c2-c2ccccc2C32C3CC4CC(C3)CC2C4)c2cccc3ccccc23)cc1. The molecule has 0 aliphatic heterocycles. The third-order valence-corrected chi connectivity index (χ3v) is 36.9. The van der Waals surface area contributed by atoms with Gasteiger partial charge in [0, 0.05) is 83.3 Å². The Morgan fingerprint density at radius 1 is 0.182 bits per heavy atom. The Hall–Kier alpha value is -14.6. The lowest BCUT2D eigenvalue weighted by Crippen LogP contribution is -2.55. The minimum Gasteiger partial charge on any atom is -0.456 e. The maximum atomic E-state index is 6.51. The Morgan fingerprint density at radius 3 is 0.902 bits per heavy atom. The molecule has 0 amide bonds. The van der Waals surface area contributed by atoms with E-state index < -0.39 is 0 Å². The van der Waals surface area contributed by atoms with E-state index in [9.17, 15) is 0 Å². The molecule has 0 atom stereocenters. The van der Waals surface area contributed by atoms with E-state index in [-0.39, 0.29) is 38.5 Å². The van der Waals surface area contributed by atoms with E-state index in [1.165, 1.54) is 230 Å². The van der Waals surface area contributed by atoms with Gasteiger partial charge in [0.05, 0.1) is 34.1 Å². The second kappa shape index (κ2) is 35.2. The summed E-state index contributed by atoms with van der Waals surface area (Å²) in [6.07, 6.45) is 21.1. The van der Waals surface area contributed by atoms with E-state index in [1.54, 1.807) is 33.4 Å². The van der Waals surface area contributed by atoms with Crippen LogP contribution in [-0.4, -0.2) is 0 Å². The average Bonchev–Trinajstić information content (AvgIpc) is 1.55. The van der Waals surface area contributed by atoms with Crippen molar-refractivity contribution >= 4 is 83.9 Å². The quantitative estimate of drug-likeness (QED) is 0.115. The van der Waals surface area contributed by atoms with Gasteiger partial charge in [-0.1, -0.05) is 368 Å². The lowest BCUT2D eigenvalue weighted by Gasteiger charge is -2.61. The van der Waals surface area contributed by atoms with Gasteiger partial charge in [-0.2, -0.15) is 0 Å². The highest BCUT2D eigenvalue weighted by molar-refractivity contribution is 6.09. The summed E-state index contributed by atoms with van der Waals surface area (Å²) in [5, 5.41) is 4.86. The van der Waals surface area contributed by atoms with Crippen molar-refractivity contribution in [3.63, 3.8) is 0 Å². The van der Waals surface area contributed by atoms with Crippen LogP contribution < -0.4 is 14.7 Å². The van der Waals surface area contributed by atoms with Crippen molar-refractivity contribution < 1.29 is 4.42 Å². The van der Waals surface area contributed by atoms with Crippen LogP contribution in [0.5, 0.6) is 0 Å². The third-order valence-electron chi connectivity index (χ3n) is 36.9. The number of fused-ring (bicyclic) bond motifs is 13. The fourth-order valence-corrected chi connectivity index (χ4v) is 32.6. The fraction of sp³-hybridized carbons (Fsp3) is 0.237. The first kappa shape index (κ1) is 88.6. The molecule has 0 radical (unpaired) electrons. The summed E-state index contributed by atoms with van der Waals surface area (Å²) < 4.78 is 6.51. The standard InChI is InChI=1S/C46H37NO.C46H39N.C44H37N.3CH4/c1-2-11-31(12-3-1)35-13-5-8-18-41(35)47(34-21-22-37-36-14-6-9-20-43(36)48-44(37)28-34)42-19-10-17-40-45(42)38-15-4-7-16-39(38)46(40)32-24-29-23-30(26-32)27-33(46)25-29;1-3-12-33(13-4-1)35-16-9-18-39(29-35)47(40-19-10-17-36(30-40)34-14-5-2-6-15-34)44-23-11-22-43-45(44)41-20-7-8-21-42(41)46(43)37-25-31-24-32(27-37)28-38(46)26-31;1-2-12-31(13-3-1)35-17-7-9-21-40(35)45(41-22-10-15-32-14-4-5-16-36(32)41)42-23-11-20-39-43(42)37-18-6-8-19-38(37)44(39)33-25-29-24-30(27-33)28-34(44)26-29;;;/h1-22,28-30,32-33H,23-27H2;1-23,29-32,37-38H,24-28H2;1-23,29-30,33-34H,24-28H2;3*1H4. The van der Waals surface area contributed by atoms with Crippen molar-refractivity contribution in [2.75, 3.05) is 14.7 Å². The normalized spacial score (nSPS) is 24.4. The monoisotopic (exact) mass is 1850 g/mol. The zero-order valence-electron chi connectivity index (χ0n) is 79.3. The summed E-state index contributed by atoms with van der Waals surface area (Å²) in [6, 6.07) is 161. The van der Waals surface area contributed by atoms with Gasteiger partial charge >= 0.3 is 0 Å². The van der Waals surface area contributed by atoms with Crippen LogP contribution in [0.15, 0.2) is 435 Å². The smallest absolute Gasteiger partial charge is 0.137 e. The van der Waals surface area contributed by atoms with Gasteiger partial charge in [0.25, 0.3) is 0 Å². The molecule has 15 aliphatic carbocycles. The predicted molar refractivity (Wildman–Crippen MR) is 600 cm³/mol. The maximum absolute atomic E-state index is 6.51. The van der Waals surface area contributed by atoms with Crippen LogP contribution in [0.2, 0.25) is 0 Å². The highest BCUT2D eigenvalue weighted by atomic mass is 16.3. The third kappa shape index (κ3) is 13.6. The van der Waals surface area contributed by atoms with Crippen molar-refractivity contribution in [3.05, 3.63) is 464 Å². The molecule has 702 valence electrons. The van der Waals surface area contributed by atoms with Crippen molar-refractivity contribution in [2.45, 2.75) is 135 Å². The molecule has 4 nitrogen and oxygen atoms in total. The molecule has 34 rings (SSSR count). The summed E-state index contributed by atoms with van der Waals surface area (Å²) in [5.41, 5.74) is 41.3. The van der Waals surface area contributed by atoms with Crippen LogP contribution in [0.1, 0.15) is 152 Å². The first-order valence-electron chi connectivity index (χ1n) is 52.4. The zero-order valence-corrected chi connectivity index (χ0v) is 79.3. The van der Waals surface area contributed by atoms with Gasteiger partial charge in [-0.25, -0.2) is 0 Å². The Morgan fingerprint density at radius 2 is 0.469 bits per heavy atom. The molecule has 18 aromatic carbocycles. The first-order valence-corrected chi connectivity index (χ1v) is 52.4. The minimum absolute atomic E-state index is 0. The van der Waals surface area contributed by atoms with Gasteiger partial charge in [0.2, 0.25) is 0 Å². The van der Waals surface area contributed by atoms with Gasteiger partial charge in [0.15, 0.2) is 0 Å². The summed E-state index contributed by atoms with van der Waals surface area (Å²) in [7, 11) is 0. The second-order valence-corrected chi connectivity index (χ2v) is 43.6. The largest absolute Gasteiger partial charge is 0.456 e. The summed E-state index contributed by atoms with van der Waals surface area (Å²) in [6.45, 7) is 0. The van der Waals surface area contributed by atoms with Gasteiger partial charge in [0.1, 0.15) is 11.2 Å². The summed E-state index contributed by atoms with van der Waals surface area (Å²) in [4.78, 5) is 7.67. The summed E-state index contributed by atoms with van der Waals surface area (Å²) >= 11 is 0. The van der Waals surface area contributed by atoms with Crippen LogP contribution >= 0.6 is 0 Å². The van der Waals surface area contributed by atoms with E-state index in [4.69, 9.17) is 4.42 Å². The van der Waals surface area contributed by atoms with Crippen LogP contribution in [0.4, 0.5) is 51.2 Å². The number of hydrogen-bond donors (Lipinski definition) is 0. The molecule has 1 heterocycles. The van der Waals surface area contributed by atoms with Crippen molar-refractivity contribution in [1.82, 2.24) is 0 Å². The topological polar surface area (TPSA) is 22.9 Å². The average molecular weight is 1850 g/mol. The highest BCUT2D eigenvalue weighted by Crippen LogP contribution is 2.75. The molecule has 0 saturated heterocycles. The molecule has 143 heavy (non-hydrogen) atoms.